The van der Waals surface area contributed by atoms with Crippen LogP contribution in [0.4, 0.5) is 39.5 Å². The van der Waals surface area contributed by atoms with Crippen molar-refractivity contribution in [3.8, 4) is 0 Å². The minimum atomic E-state index is -5.57. The van der Waals surface area contributed by atoms with Crippen LogP contribution in [-0.2, 0) is 18.0 Å². The Bertz CT molecular complexity index is 744. The van der Waals surface area contributed by atoms with Crippen molar-refractivity contribution in [1.82, 2.24) is 0 Å². The molecule has 3 unspecified atom stereocenters. The van der Waals surface area contributed by atoms with Gasteiger partial charge in [-0.1, -0.05) is 0 Å². The number of carbonyl (C=O) groups is 1. The Morgan fingerprint density at radius 3 is 1.77 bits per heavy atom. The molecule has 1 aliphatic carbocycles. The largest absolute Gasteiger partial charge is 0.417 e. The minimum absolute atomic E-state index is 0.0776. The number of aliphatic hydroxyl groups excluding tert-OH is 1. The predicted molar refractivity (Wildman–Crippen MR) is 65.9 cm³/mol. The molecule has 3 nitrogen and oxygen atoms in total. The second-order valence-electron chi connectivity index (χ2n) is 5.88. The van der Waals surface area contributed by atoms with E-state index in [1.807, 2.05) is 0 Å². The number of hydrogen-bond donors (Lipinski definition) is 2. The van der Waals surface area contributed by atoms with Gasteiger partial charge in [0.05, 0.1) is 17.0 Å². The van der Waals surface area contributed by atoms with Crippen molar-refractivity contribution >= 4 is 5.78 Å². The van der Waals surface area contributed by atoms with Gasteiger partial charge in [0.1, 0.15) is 5.60 Å². The summed E-state index contributed by atoms with van der Waals surface area (Å²) in [6, 6.07) is -0.177. The Morgan fingerprint density at radius 1 is 0.962 bits per heavy atom. The fraction of sp³-hybridized carbons (Fsp3) is 0.500. The molecule has 0 aliphatic heterocycles. The number of halogens is 9. The van der Waals surface area contributed by atoms with Crippen LogP contribution >= 0.6 is 0 Å². The molecule has 0 heterocycles. The van der Waals surface area contributed by atoms with Crippen LogP contribution in [0.25, 0.3) is 0 Å². The Balaban J connectivity index is 2.88. The van der Waals surface area contributed by atoms with E-state index in [1.54, 1.807) is 0 Å². The zero-order valence-corrected chi connectivity index (χ0v) is 12.5. The normalized spacial score (nSPS) is 25.4. The smallest absolute Gasteiger partial charge is 0.385 e. The van der Waals surface area contributed by atoms with E-state index in [0.717, 1.165) is 0 Å². The molecule has 0 aromatic heterocycles. The molecule has 1 aliphatic rings. The van der Waals surface area contributed by atoms with Gasteiger partial charge in [0.25, 0.3) is 0 Å². The molecule has 0 spiro atoms. The lowest BCUT2D eigenvalue weighted by Crippen LogP contribution is -2.47. The molecule has 26 heavy (non-hydrogen) atoms. The summed E-state index contributed by atoms with van der Waals surface area (Å²) in [5, 5.41) is 19.5. The number of carbonyl (C=O) groups excluding carboxylic acids is 1. The van der Waals surface area contributed by atoms with Crippen LogP contribution in [0.1, 0.15) is 34.0 Å². The quantitative estimate of drug-likeness (QED) is 0.713. The van der Waals surface area contributed by atoms with E-state index in [9.17, 15) is 54.5 Å². The second kappa shape index (κ2) is 5.59. The van der Waals surface area contributed by atoms with Gasteiger partial charge in [-0.3, -0.25) is 4.79 Å². The highest BCUT2D eigenvalue weighted by atomic mass is 19.4. The van der Waals surface area contributed by atoms with Crippen molar-refractivity contribution in [3.63, 3.8) is 0 Å². The number of hydrogen-bond acceptors (Lipinski definition) is 3. The van der Waals surface area contributed by atoms with E-state index in [2.05, 4.69) is 0 Å². The van der Waals surface area contributed by atoms with Crippen LogP contribution in [0.15, 0.2) is 12.1 Å². The molecular formula is C14H9F9O3. The van der Waals surface area contributed by atoms with Crippen LogP contribution in [0.3, 0.4) is 0 Å². The van der Waals surface area contributed by atoms with Crippen LogP contribution in [0.2, 0.25) is 0 Å². The first-order valence-electron chi connectivity index (χ1n) is 6.75. The van der Waals surface area contributed by atoms with Crippen molar-refractivity contribution in [3.05, 3.63) is 34.4 Å². The Kier molecular flexibility index (Phi) is 4.40. The number of Topliss-reactive ketones (excluding diaryl/α,β-unsaturated/α-hetero) is 1. The first-order valence-corrected chi connectivity index (χ1v) is 6.75. The zero-order chi connectivity index (χ0) is 20.5. The maximum Gasteiger partial charge on any atom is 0.417 e. The van der Waals surface area contributed by atoms with Crippen LogP contribution in [-0.4, -0.2) is 28.3 Å². The Labute approximate surface area is 139 Å². The monoisotopic (exact) mass is 396 g/mol. The van der Waals surface area contributed by atoms with Gasteiger partial charge in [0.15, 0.2) is 11.9 Å². The fourth-order valence-electron chi connectivity index (χ4n) is 3.06. The van der Waals surface area contributed by atoms with Gasteiger partial charge in [-0.15, -0.1) is 0 Å². The maximum absolute atomic E-state index is 13.1. The van der Waals surface area contributed by atoms with E-state index in [0.29, 0.717) is 6.92 Å². The van der Waals surface area contributed by atoms with Gasteiger partial charge < -0.3 is 10.2 Å². The number of alkyl halides is 9. The molecule has 12 heteroatoms. The van der Waals surface area contributed by atoms with Crippen molar-refractivity contribution in [2.75, 3.05) is 0 Å². The van der Waals surface area contributed by atoms with Crippen LogP contribution in [0, 0.1) is 5.92 Å². The summed E-state index contributed by atoms with van der Waals surface area (Å²) in [5.41, 5.74) is -10.5. The molecule has 0 amide bonds. The molecule has 0 radical (unpaired) electrons. The molecule has 0 saturated heterocycles. The summed E-state index contributed by atoms with van der Waals surface area (Å²) >= 11 is 0. The molecule has 0 bridgehead atoms. The summed E-state index contributed by atoms with van der Waals surface area (Å²) in [4.78, 5) is 12.2. The average Bonchev–Trinajstić information content (AvgIpc) is 2.61. The molecule has 2 N–H and O–H groups in total. The van der Waals surface area contributed by atoms with Gasteiger partial charge in [-0.2, -0.15) is 39.5 Å². The number of fused-ring (bicyclic) bond motifs is 1. The highest BCUT2D eigenvalue weighted by molar-refractivity contribution is 6.06. The number of aliphatic hydroxyl groups is 2. The maximum atomic E-state index is 13.1. The first kappa shape index (κ1) is 20.5. The van der Waals surface area contributed by atoms with E-state index in [-0.39, 0.29) is 12.1 Å². The van der Waals surface area contributed by atoms with Crippen molar-refractivity contribution in [2.45, 2.75) is 37.2 Å². The first-order chi connectivity index (χ1) is 11.4. The zero-order valence-electron chi connectivity index (χ0n) is 12.5. The van der Waals surface area contributed by atoms with Crippen LogP contribution < -0.4 is 0 Å². The SMILES string of the molecule is CC1(O)c2c(C(F)(F)F)ccc(C(F)(F)F)c2C(=O)C1C(O)C(F)(F)F. The Hall–Kier alpha value is -1.82. The van der Waals surface area contributed by atoms with Crippen molar-refractivity contribution in [2.24, 2.45) is 5.92 Å². The number of ketones is 1. The van der Waals surface area contributed by atoms with Crippen molar-refractivity contribution < 1.29 is 54.5 Å². The molecular weight excluding hydrogens is 387 g/mol. The molecule has 2 rings (SSSR count). The fourth-order valence-corrected chi connectivity index (χ4v) is 3.06. The van der Waals surface area contributed by atoms with E-state index in [1.165, 1.54) is 0 Å². The highest BCUT2D eigenvalue weighted by Crippen LogP contribution is 2.53. The molecule has 1 aromatic rings. The summed E-state index contributed by atoms with van der Waals surface area (Å²) in [7, 11) is 0. The van der Waals surface area contributed by atoms with Gasteiger partial charge in [-0.25, -0.2) is 0 Å². The minimum Gasteiger partial charge on any atom is -0.385 e. The summed E-state index contributed by atoms with van der Waals surface area (Å²) < 4.78 is 117. The lowest BCUT2D eigenvalue weighted by atomic mass is 9.82. The van der Waals surface area contributed by atoms with Crippen LogP contribution in [0.5, 0.6) is 0 Å². The third-order valence-electron chi connectivity index (χ3n) is 4.11. The lowest BCUT2D eigenvalue weighted by Gasteiger charge is -2.31. The van der Waals surface area contributed by atoms with E-state index >= 15 is 0 Å². The summed E-state index contributed by atoms with van der Waals surface area (Å²) in [5.74, 6) is -5.06. The average molecular weight is 396 g/mol. The standard InChI is InChI=1S/C14H9F9O3/c1-11(26)7-5(13(18,19)20)3-2-4(12(15,16)17)6(7)9(24)8(11)10(25)14(21,22)23/h2-3,8,10,25-26H,1H3. The van der Waals surface area contributed by atoms with E-state index in [4.69, 9.17) is 0 Å². The third kappa shape index (κ3) is 3.04. The van der Waals surface area contributed by atoms with Gasteiger partial charge in [-0.05, 0) is 19.1 Å². The third-order valence-corrected chi connectivity index (χ3v) is 4.11. The molecule has 1 aromatic carbocycles. The second-order valence-corrected chi connectivity index (χ2v) is 5.88. The summed E-state index contributed by atoms with van der Waals surface area (Å²) in [6.45, 7) is 0.325. The summed E-state index contributed by atoms with van der Waals surface area (Å²) in [6.07, 6.45) is -20.0. The highest BCUT2D eigenvalue weighted by Gasteiger charge is 2.62. The number of benzene rings is 1. The van der Waals surface area contributed by atoms with Gasteiger partial charge >= 0.3 is 18.5 Å². The molecule has 3 atom stereocenters. The number of rotatable bonds is 1. The molecule has 0 saturated carbocycles. The van der Waals surface area contributed by atoms with Gasteiger partial charge in [0.2, 0.25) is 0 Å². The lowest BCUT2D eigenvalue weighted by molar-refractivity contribution is -0.230. The molecule has 146 valence electrons. The van der Waals surface area contributed by atoms with Crippen molar-refractivity contribution in [1.29, 1.82) is 0 Å². The molecule has 0 fully saturated rings. The van der Waals surface area contributed by atoms with Gasteiger partial charge in [0, 0.05) is 11.1 Å². The topological polar surface area (TPSA) is 57.5 Å². The predicted octanol–water partition coefficient (Wildman–Crippen LogP) is 3.67. The Morgan fingerprint density at radius 2 is 1.38 bits per heavy atom. The van der Waals surface area contributed by atoms with E-state index < -0.39 is 64.2 Å².